The molecule has 0 aromatic heterocycles. The number of carbonyl (C=O) groups is 1. The number of hydrogen-bond acceptors (Lipinski definition) is 2. The minimum atomic E-state index is 0. The van der Waals surface area contributed by atoms with E-state index < -0.39 is 0 Å². The second-order valence-electron chi connectivity index (χ2n) is 6.76. The van der Waals surface area contributed by atoms with Gasteiger partial charge in [-0.1, -0.05) is 19.3 Å². The summed E-state index contributed by atoms with van der Waals surface area (Å²) in [6.07, 6.45) is 11.4. The Bertz CT molecular complexity index is 312. The fraction of sp³-hybridized carbons (Fsp3) is 0.938. The molecule has 3 fully saturated rings. The van der Waals surface area contributed by atoms with Crippen LogP contribution in [0.1, 0.15) is 57.8 Å². The van der Waals surface area contributed by atoms with E-state index >= 15 is 0 Å². The minimum Gasteiger partial charge on any atom is -0.339 e. The molecule has 2 aliphatic heterocycles. The second kappa shape index (κ2) is 7.65. The molecule has 2 unspecified atom stereocenters. The summed E-state index contributed by atoms with van der Waals surface area (Å²) in [7, 11) is 0. The summed E-state index contributed by atoms with van der Waals surface area (Å²) in [5, 5.41) is 3.37. The molecule has 1 aliphatic carbocycles. The lowest BCUT2D eigenvalue weighted by Crippen LogP contribution is -2.41. The van der Waals surface area contributed by atoms with E-state index in [2.05, 4.69) is 10.2 Å². The first-order valence-corrected chi connectivity index (χ1v) is 8.35. The highest BCUT2D eigenvalue weighted by atomic mass is 35.5. The molecule has 1 amide bonds. The molecule has 2 atom stereocenters. The highest BCUT2D eigenvalue weighted by molar-refractivity contribution is 5.85. The summed E-state index contributed by atoms with van der Waals surface area (Å²) >= 11 is 0. The van der Waals surface area contributed by atoms with Crippen LogP contribution in [0, 0.1) is 11.8 Å². The Morgan fingerprint density at radius 1 is 1.05 bits per heavy atom. The van der Waals surface area contributed by atoms with E-state index in [1.807, 2.05) is 0 Å². The third-order valence-electron chi connectivity index (χ3n) is 5.44. The first-order chi connectivity index (χ1) is 9.34. The molecule has 3 rings (SSSR count). The molecule has 2 heterocycles. The molecule has 3 nitrogen and oxygen atoms in total. The molecule has 0 radical (unpaired) electrons. The van der Waals surface area contributed by atoms with Crippen LogP contribution in [0.4, 0.5) is 0 Å². The van der Waals surface area contributed by atoms with Crippen LogP contribution in [-0.2, 0) is 4.79 Å². The number of carbonyl (C=O) groups excluding carboxylic acids is 1. The maximum Gasteiger partial charge on any atom is 0.223 e. The number of nitrogens with zero attached hydrogens (tertiary/aromatic N) is 1. The fourth-order valence-corrected chi connectivity index (χ4v) is 4.36. The van der Waals surface area contributed by atoms with Crippen molar-refractivity contribution < 1.29 is 4.79 Å². The van der Waals surface area contributed by atoms with E-state index in [0.29, 0.717) is 17.9 Å². The highest BCUT2D eigenvalue weighted by Gasteiger charge is 2.35. The topological polar surface area (TPSA) is 32.3 Å². The second-order valence-corrected chi connectivity index (χ2v) is 6.76. The molecule has 2 saturated heterocycles. The van der Waals surface area contributed by atoms with Crippen LogP contribution in [0.2, 0.25) is 0 Å². The third kappa shape index (κ3) is 3.67. The summed E-state index contributed by atoms with van der Waals surface area (Å²) in [6.45, 7) is 3.18. The maximum absolute atomic E-state index is 12.6. The molecule has 0 aromatic rings. The van der Waals surface area contributed by atoms with E-state index in [9.17, 15) is 4.79 Å². The largest absolute Gasteiger partial charge is 0.339 e. The van der Waals surface area contributed by atoms with Crippen molar-refractivity contribution in [3.05, 3.63) is 0 Å². The van der Waals surface area contributed by atoms with Crippen LogP contribution in [0.5, 0.6) is 0 Å². The standard InChI is InChI=1S/C16H28N2O.ClH/c19-16(11-13-8-9-17-12-13)18-10-4-7-15(18)14-5-2-1-3-6-14;/h13-15,17H,1-12H2;1H. The summed E-state index contributed by atoms with van der Waals surface area (Å²) in [5.41, 5.74) is 0. The lowest BCUT2D eigenvalue weighted by molar-refractivity contribution is -0.134. The number of halogens is 1. The lowest BCUT2D eigenvalue weighted by Gasteiger charge is -2.34. The minimum absolute atomic E-state index is 0. The van der Waals surface area contributed by atoms with Crippen LogP contribution in [0.15, 0.2) is 0 Å². The van der Waals surface area contributed by atoms with Crippen molar-refractivity contribution >= 4 is 18.3 Å². The van der Waals surface area contributed by atoms with Crippen molar-refractivity contribution in [2.45, 2.75) is 63.8 Å². The number of amides is 1. The number of likely N-dealkylation sites (tertiary alicyclic amines) is 1. The Labute approximate surface area is 129 Å². The van der Waals surface area contributed by atoms with E-state index in [1.165, 1.54) is 51.4 Å². The van der Waals surface area contributed by atoms with Crippen molar-refractivity contribution in [3.63, 3.8) is 0 Å². The van der Waals surface area contributed by atoms with Crippen molar-refractivity contribution in [3.8, 4) is 0 Å². The van der Waals surface area contributed by atoms with Crippen LogP contribution in [0.3, 0.4) is 0 Å². The van der Waals surface area contributed by atoms with Crippen LogP contribution in [-0.4, -0.2) is 36.5 Å². The highest BCUT2D eigenvalue weighted by Crippen LogP contribution is 2.35. The predicted molar refractivity (Wildman–Crippen MR) is 84.2 cm³/mol. The van der Waals surface area contributed by atoms with E-state index in [0.717, 1.165) is 32.0 Å². The van der Waals surface area contributed by atoms with Gasteiger partial charge in [-0.15, -0.1) is 12.4 Å². The van der Waals surface area contributed by atoms with Gasteiger partial charge in [-0.2, -0.15) is 0 Å². The van der Waals surface area contributed by atoms with Crippen LogP contribution < -0.4 is 5.32 Å². The third-order valence-corrected chi connectivity index (χ3v) is 5.44. The van der Waals surface area contributed by atoms with Gasteiger partial charge in [0, 0.05) is 19.0 Å². The SMILES string of the molecule is Cl.O=C(CC1CCNC1)N1CCCC1C1CCCCC1. The zero-order valence-corrected chi connectivity index (χ0v) is 13.3. The first-order valence-electron chi connectivity index (χ1n) is 8.35. The molecule has 4 heteroatoms. The number of nitrogens with one attached hydrogen (secondary N) is 1. The van der Waals surface area contributed by atoms with Gasteiger partial charge < -0.3 is 10.2 Å². The molecule has 1 N–H and O–H groups in total. The van der Waals surface area contributed by atoms with Gasteiger partial charge in [0.25, 0.3) is 0 Å². The first kappa shape index (κ1) is 16.1. The quantitative estimate of drug-likeness (QED) is 0.869. The van der Waals surface area contributed by atoms with Crippen LogP contribution >= 0.6 is 12.4 Å². The monoisotopic (exact) mass is 300 g/mol. The van der Waals surface area contributed by atoms with Gasteiger partial charge >= 0.3 is 0 Å². The van der Waals surface area contributed by atoms with Gasteiger partial charge in [0.15, 0.2) is 0 Å². The molecule has 1 saturated carbocycles. The molecule has 116 valence electrons. The average molecular weight is 301 g/mol. The van der Waals surface area contributed by atoms with E-state index in [-0.39, 0.29) is 12.4 Å². The van der Waals surface area contributed by atoms with Gasteiger partial charge in [-0.3, -0.25) is 4.79 Å². The molecule has 0 spiro atoms. The van der Waals surface area contributed by atoms with Gasteiger partial charge in [0.05, 0.1) is 0 Å². The Hall–Kier alpha value is -0.280. The normalized spacial score (nSPS) is 31.3. The zero-order valence-electron chi connectivity index (χ0n) is 12.5. The van der Waals surface area contributed by atoms with Crippen LogP contribution in [0.25, 0.3) is 0 Å². The fourth-order valence-electron chi connectivity index (χ4n) is 4.36. The molecule has 3 aliphatic rings. The van der Waals surface area contributed by atoms with Gasteiger partial charge in [-0.05, 0) is 57.0 Å². The number of rotatable bonds is 3. The van der Waals surface area contributed by atoms with E-state index in [4.69, 9.17) is 0 Å². The van der Waals surface area contributed by atoms with Crippen molar-refractivity contribution in [1.82, 2.24) is 10.2 Å². The van der Waals surface area contributed by atoms with Crippen molar-refractivity contribution in [1.29, 1.82) is 0 Å². The van der Waals surface area contributed by atoms with E-state index in [1.54, 1.807) is 0 Å². The summed E-state index contributed by atoms with van der Waals surface area (Å²) in [4.78, 5) is 14.8. The zero-order chi connectivity index (χ0) is 13.1. The molecule has 20 heavy (non-hydrogen) atoms. The van der Waals surface area contributed by atoms with Gasteiger partial charge in [0.2, 0.25) is 5.91 Å². The lowest BCUT2D eigenvalue weighted by atomic mass is 9.83. The predicted octanol–water partition coefficient (Wildman–Crippen LogP) is 2.98. The summed E-state index contributed by atoms with van der Waals surface area (Å²) in [5.74, 6) is 1.85. The Balaban J connectivity index is 0.00000147. The summed E-state index contributed by atoms with van der Waals surface area (Å²) < 4.78 is 0. The molecular weight excluding hydrogens is 272 g/mol. The van der Waals surface area contributed by atoms with Crippen molar-refractivity contribution in [2.24, 2.45) is 11.8 Å². The Kier molecular flexibility index (Phi) is 6.16. The molecule has 0 bridgehead atoms. The Morgan fingerprint density at radius 2 is 1.85 bits per heavy atom. The van der Waals surface area contributed by atoms with Gasteiger partial charge in [0.1, 0.15) is 0 Å². The molecular formula is C16H29ClN2O. The van der Waals surface area contributed by atoms with Gasteiger partial charge in [-0.25, -0.2) is 0 Å². The number of hydrogen-bond donors (Lipinski definition) is 1. The maximum atomic E-state index is 12.6. The average Bonchev–Trinajstić information content (AvgIpc) is 3.10. The molecule has 0 aromatic carbocycles. The smallest absolute Gasteiger partial charge is 0.223 e. The Morgan fingerprint density at radius 3 is 2.55 bits per heavy atom. The van der Waals surface area contributed by atoms with Crippen molar-refractivity contribution in [2.75, 3.05) is 19.6 Å². The summed E-state index contributed by atoms with van der Waals surface area (Å²) in [6, 6.07) is 0.585.